The van der Waals surface area contributed by atoms with Crippen LogP contribution in [0.25, 0.3) is 0 Å². The number of carboxylic acid groups (broad SMARTS) is 1. The third-order valence-corrected chi connectivity index (χ3v) is 4.97. The lowest BCUT2D eigenvalue weighted by atomic mass is 9.97. The van der Waals surface area contributed by atoms with Crippen LogP contribution in [-0.2, 0) is 16.0 Å². The summed E-state index contributed by atoms with van der Waals surface area (Å²) in [6, 6.07) is 6.81. The van der Waals surface area contributed by atoms with Crippen molar-refractivity contribution in [2.45, 2.75) is 72.3 Å². The number of carbonyl (C=O) groups excluding carboxylic acids is 1. The largest absolute Gasteiger partial charge is 0.492 e. The molecule has 0 saturated carbocycles. The van der Waals surface area contributed by atoms with E-state index in [0.29, 0.717) is 44.8 Å². The first-order valence-electron chi connectivity index (χ1n) is 11.8. The summed E-state index contributed by atoms with van der Waals surface area (Å²) in [4.78, 5) is 25.5. The van der Waals surface area contributed by atoms with Gasteiger partial charge in [0.1, 0.15) is 12.4 Å². The molecular formula is C25H40F2N2O5. The van der Waals surface area contributed by atoms with E-state index in [0.717, 1.165) is 12.5 Å². The van der Waals surface area contributed by atoms with Gasteiger partial charge in [-0.3, -0.25) is 0 Å². The van der Waals surface area contributed by atoms with Gasteiger partial charge < -0.3 is 24.8 Å². The van der Waals surface area contributed by atoms with Crippen molar-refractivity contribution in [1.82, 2.24) is 10.2 Å². The Labute approximate surface area is 201 Å². The van der Waals surface area contributed by atoms with Crippen molar-refractivity contribution in [2.75, 3.05) is 32.8 Å². The fourth-order valence-corrected chi connectivity index (χ4v) is 3.13. The van der Waals surface area contributed by atoms with E-state index >= 15 is 0 Å². The van der Waals surface area contributed by atoms with Crippen LogP contribution in [0.4, 0.5) is 13.6 Å². The smallest absolute Gasteiger partial charge is 0.333 e. The highest BCUT2D eigenvalue weighted by Crippen LogP contribution is 2.20. The predicted octanol–water partition coefficient (Wildman–Crippen LogP) is 4.98. The highest BCUT2D eigenvalue weighted by molar-refractivity contribution is 5.74. The Morgan fingerprint density at radius 2 is 1.74 bits per heavy atom. The highest BCUT2D eigenvalue weighted by atomic mass is 19.3. The standard InChI is InChI=1S/C25H40F2N2O5/c1-6-33-21(22(30)31)17-19-9-11-20(12-10-19)34-16-15-29(14-8-7-13-25(5,26)27)23(32)28-18-24(2,3)4/h9-12,21H,6-8,13-18H2,1-5H3,(H,28,32)(H,30,31). The number of aliphatic carboxylic acids is 1. The predicted molar refractivity (Wildman–Crippen MR) is 128 cm³/mol. The molecule has 0 radical (unpaired) electrons. The molecule has 1 aromatic rings. The number of halogens is 2. The maximum atomic E-state index is 13.1. The van der Waals surface area contributed by atoms with E-state index in [1.807, 2.05) is 20.8 Å². The van der Waals surface area contributed by atoms with Crippen molar-refractivity contribution in [3.63, 3.8) is 0 Å². The topological polar surface area (TPSA) is 88.1 Å². The number of hydrogen-bond donors (Lipinski definition) is 2. The van der Waals surface area contributed by atoms with Crippen LogP contribution in [0.2, 0.25) is 0 Å². The molecule has 0 fully saturated rings. The Hall–Kier alpha value is -2.42. The average molecular weight is 487 g/mol. The van der Waals surface area contributed by atoms with Gasteiger partial charge in [-0.1, -0.05) is 32.9 Å². The number of urea groups is 1. The molecule has 0 heterocycles. The summed E-state index contributed by atoms with van der Waals surface area (Å²) >= 11 is 0. The summed E-state index contributed by atoms with van der Waals surface area (Å²) in [6.07, 6.45) is -0.0504. The van der Waals surface area contributed by atoms with E-state index < -0.39 is 18.0 Å². The lowest BCUT2D eigenvalue weighted by molar-refractivity contribution is -0.149. The van der Waals surface area contributed by atoms with Gasteiger partial charge in [0.2, 0.25) is 5.92 Å². The number of carboxylic acids is 1. The van der Waals surface area contributed by atoms with E-state index in [1.54, 1.807) is 36.1 Å². The van der Waals surface area contributed by atoms with Gasteiger partial charge in [0, 0.05) is 32.5 Å². The Morgan fingerprint density at radius 1 is 1.09 bits per heavy atom. The molecule has 0 spiro atoms. The molecule has 2 amide bonds. The van der Waals surface area contributed by atoms with E-state index in [4.69, 9.17) is 9.47 Å². The van der Waals surface area contributed by atoms with Crippen LogP contribution in [0.5, 0.6) is 5.75 Å². The van der Waals surface area contributed by atoms with Crippen LogP contribution in [0.15, 0.2) is 24.3 Å². The summed E-state index contributed by atoms with van der Waals surface area (Å²) in [5, 5.41) is 12.1. The number of rotatable bonds is 15. The molecule has 1 rings (SSSR count). The van der Waals surface area contributed by atoms with Gasteiger partial charge in [-0.25, -0.2) is 18.4 Å². The fourth-order valence-electron chi connectivity index (χ4n) is 3.13. The van der Waals surface area contributed by atoms with Crippen LogP contribution >= 0.6 is 0 Å². The first-order valence-corrected chi connectivity index (χ1v) is 11.8. The van der Waals surface area contributed by atoms with Crippen LogP contribution in [0, 0.1) is 5.41 Å². The van der Waals surface area contributed by atoms with E-state index in [1.165, 1.54) is 0 Å². The summed E-state index contributed by atoms with van der Waals surface area (Å²) in [7, 11) is 0. The second-order valence-electron chi connectivity index (χ2n) is 9.71. The zero-order valence-corrected chi connectivity index (χ0v) is 21.0. The van der Waals surface area contributed by atoms with Gasteiger partial charge in [-0.2, -0.15) is 0 Å². The lowest BCUT2D eigenvalue weighted by Crippen LogP contribution is -2.45. The zero-order valence-electron chi connectivity index (χ0n) is 21.0. The second-order valence-corrected chi connectivity index (χ2v) is 9.71. The van der Waals surface area contributed by atoms with Crippen molar-refractivity contribution in [1.29, 1.82) is 0 Å². The Kier molecular flexibility index (Phi) is 12.3. The average Bonchev–Trinajstić information content (AvgIpc) is 2.73. The van der Waals surface area contributed by atoms with Gasteiger partial charge in [-0.15, -0.1) is 0 Å². The molecule has 1 atom stereocenters. The molecule has 2 N–H and O–H groups in total. The Morgan fingerprint density at radius 3 is 2.26 bits per heavy atom. The minimum atomic E-state index is -2.71. The number of nitrogens with zero attached hydrogens (tertiary/aromatic N) is 1. The minimum absolute atomic E-state index is 0.0777. The second kappa shape index (κ2) is 14.1. The van der Waals surface area contributed by atoms with Crippen molar-refractivity contribution >= 4 is 12.0 Å². The van der Waals surface area contributed by atoms with Crippen molar-refractivity contribution in [3.8, 4) is 5.75 Å². The fraction of sp³-hybridized carbons (Fsp3) is 0.680. The van der Waals surface area contributed by atoms with Crippen LogP contribution in [0.1, 0.15) is 59.4 Å². The van der Waals surface area contributed by atoms with Gasteiger partial charge >= 0.3 is 12.0 Å². The van der Waals surface area contributed by atoms with Gasteiger partial charge in [0.05, 0.1) is 6.54 Å². The third-order valence-electron chi connectivity index (χ3n) is 4.97. The van der Waals surface area contributed by atoms with Crippen LogP contribution in [0.3, 0.4) is 0 Å². The number of alkyl halides is 2. The number of hydrogen-bond acceptors (Lipinski definition) is 4. The van der Waals surface area contributed by atoms with E-state index in [9.17, 15) is 23.5 Å². The molecule has 194 valence electrons. The molecule has 0 bridgehead atoms. The maximum Gasteiger partial charge on any atom is 0.333 e. The summed E-state index contributed by atoms with van der Waals surface area (Å²) in [5.41, 5.74) is 0.732. The van der Waals surface area contributed by atoms with Crippen molar-refractivity contribution in [2.24, 2.45) is 5.41 Å². The molecule has 9 heteroatoms. The van der Waals surface area contributed by atoms with Crippen LogP contribution < -0.4 is 10.1 Å². The quantitative estimate of drug-likeness (QED) is 0.341. The van der Waals surface area contributed by atoms with E-state index in [-0.39, 0.29) is 30.9 Å². The molecule has 34 heavy (non-hydrogen) atoms. The highest BCUT2D eigenvalue weighted by Gasteiger charge is 2.21. The number of carbonyl (C=O) groups is 2. The van der Waals surface area contributed by atoms with Gasteiger partial charge in [0.15, 0.2) is 6.10 Å². The molecule has 0 aliphatic rings. The van der Waals surface area contributed by atoms with Crippen molar-refractivity contribution in [3.05, 3.63) is 29.8 Å². The molecule has 7 nitrogen and oxygen atoms in total. The summed E-state index contributed by atoms with van der Waals surface area (Å²) in [6.45, 7) is 10.4. The number of amides is 2. The SMILES string of the molecule is CCOC(Cc1ccc(OCCN(CCCCC(C)(F)F)C(=O)NCC(C)(C)C)cc1)C(=O)O. The number of nitrogens with one attached hydrogen (secondary N) is 1. The Balaban J connectivity index is 2.61. The number of benzene rings is 1. The first kappa shape index (κ1) is 29.6. The monoisotopic (exact) mass is 486 g/mol. The summed E-state index contributed by atoms with van der Waals surface area (Å²) < 4.78 is 37.1. The third kappa shape index (κ3) is 13.3. The molecule has 1 unspecified atom stereocenters. The lowest BCUT2D eigenvalue weighted by Gasteiger charge is -2.26. The van der Waals surface area contributed by atoms with Crippen LogP contribution in [-0.4, -0.2) is 66.9 Å². The van der Waals surface area contributed by atoms with E-state index in [2.05, 4.69) is 5.32 Å². The maximum absolute atomic E-state index is 13.1. The van der Waals surface area contributed by atoms with Gasteiger partial charge in [0.25, 0.3) is 0 Å². The zero-order chi connectivity index (χ0) is 25.8. The normalized spacial score (nSPS) is 12.8. The molecule has 0 aliphatic carbocycles. The summed E-state index contributed by atoms with van der Waals surface area (Å²) in [5.74, 6) is -3.12. The first-order chi connectivity index (χ1) is 15.8. The molecule has 0 aliphatic heterocycles. The van der Waals surface area contributed by atoms with Gasteiger partial charge in [-0.05, 0) is 49.8 Å². The molecule has 0 aromatic heterocycles. The molecular weight excluding hydrogens is 446 g/mol. The molecule has 1 aromatic carbocycles. The molecule has 0 saturated heterocycles. The number of ether oxygens (including phenoxy) is 2. The van der Waals surface area contributed by atoms with Crippen molar-refractivity contribution < 1.29 is 33.0 Å². The number of unbranched alkanes of at least 4 members (excludes halogenated alkanes) is 1. The Bertz CT molecular complexity index is 745. The minimum Gasteiger partial charge on any atom is -0.492 e.